The van der Waals surface area contributed by atoms with Crippen LogP contribution in [-0.2, 0) is 20.9 Å². The first-order valence-electron chi connectivity index (χ1n) is 7.34. The third-order valence-corrected chi connectivity index (χ3v) is 3.11. The van der Waals surface area contributed by atoms with Gasteiger partial charge in [0.25, 0.3) is 5.56 Å². The van der Waals surface area contributed by atoms with Gasteiger partial charge in [0, 0.05) is 11.6 Å². The van der Waals surface area contributed by atoms with Crippen molar-refractivity contribution in [3.8, 4) is 11.3 Å². The van der Waals surface area contributed by atoms with Gasteiger partial charge in [-0.05, 0) is 6.07 Å². The molecule has 0 saturated heterocycles. The number of aromatic nitrogens is 2. The van der Waals surface area contributed by atoms with Gasteiger partial charge >= 0.3 is 5.97 Å². The number of carbonyl (C=O) groups excluding carboxylic acids is 2. The first-order chi connectivity index (χ1) is 12.0. The quantitative estimate of drug-likeness (QED) is 0.604. The minimum absolute atomic E-state index is 0.355. The van der Waals surface area contributed by atoms with E-state index in [1.807, 2.05) is 30.3 Å². The Morgan fingerprint density at radius 3 is 2.32 bits per heavy atom. The van der Waals surface area contributed by atoms with E-state index in [0.717, 1.165) is 10.2 Å². The highest BCUT2D eigenvalue weighted by molar-refractivity contribution is 5.86. The van der Waals surface area contributed by atoms with Gasteiger partial charge in [0.2, 0.25) is 11.8 Å². The van der Waals surface area contributed by atoms with E-state index in [2.05, 4.69) is 15.7 Å². The highest BCUT2D eigenvalue weighted by atomic mass is 16.4. The van der Waals surface area contributed by atoms with E-state index in [-0.39, 0.29) is 13.1 Å². The number of nitrogens with zero attached hydrogens (tertiary/aromatic N) is 2. The van der Waals surface area contributed by atoms with Crippen LogP contribution in [0.4, 0.5) is 0 Å². The summed E-state index contributed by atoms with van der Waals surface area (Å²) >= 11 is 0. The molecule has 9 heteroatoms. The lowest BCUT2D eigenvalue weighted by Crippen LogP contribution is -2.41. The van der Waals surface area contributed by atoms with Gasteiger partial charge in [0.05, 0.1) is 12.2 Å². The number of carbonyl (C=O) groups is 3. The lowest BCUT2D eigenvalue weighted by Gasteiger charge is -2.08. The molecule has 130 valence electrons. The van der Waals surface area contributed by atoms with Crippen LogP contribution in [0, 0.1) is 0 Å². The van der Waals surface area contributed by atoms with Crippen LogP contribution in [0.2, 0.25) is 0 Å². The lowest BCUT2D eigenvalue weighted by atomic mass is 10.1. The maximum absolute atomic E-state index is 11.8. The van der Waals surface area contributed by atoms with Crippen molar-refractivity contribution in [2.24, 2.45) is 0 Å². The van der Waals surface area contributed by atoms with E-state index in [0.29, 0.717) is 5.69 Å². The Hall–Kier alpha value is -3.49. The van der Waals surface area contributed by atoms with Gasteiger partial charge in [-0.25, -0.2) is 4.68 Å². The van der Waals surface area contributed by atoms with Crippen molar-refractivity contribution in [1.29, 1.82) is 0 Å². The third-order valence-electron chi connectivity index (χ3n) is 3.11. The minimum Gasteiger partial charge on any atom is -0.480 e. The number of rotatable bonds is 7. The summed E-state index contributed by atoms with van der Waals surface area (Å²) in [5.74, 6) is -2.42. The lowest BCUT2D eigenvalue weighted by molar-refractivity contribution is -0.137. The highest BCUT2D eigenvalue weighted by Crippen LogP contribution is 2.13. The van der Waals surface area contributed by atoms with E-state index in [1.54, 1.807) is 6.07 Å². The summed E-state index contributed by atoms with van der Waals surface area (Å²) < 4.78 is 0.993. The number of aliphatic carboxylic acids is 1. The molecule has 0 aliphatic carbocycles. The van der Waals surface area contributed by atoms with Gasteiger partial charge in [-0.15, -0.1) is 0 Å². The normalized spacial score (nSPS) is 10.1. The minimum atomic E-state index is -1.19. The zero-order valence-electron chi connectivity index (χ0n) is 13.1. The second-order valence-electron chi connectivity index (χ2n) is 5.03. The second kappa shape index (κ2) is 8.39. The van der Waals surface area contributed by atoms with Gasteiger partial charge in [-0.1, -0.05) is 30.3 Å². The SMILES string of the molecule is O=C(O)CNC(=O)CNC(=O)Cn1nc(-c2ccccc2)ccc1=O. The van der Waals surface area contributed by atoms with Crippen LogP contribution in [0.25, 0.3) is 11.3 Å². The summed E-state index contributed by atoms with van der Waals surface area (Å²) in [7, 11) is 0. The highest BCUT2D eigenvalue weighted by Gasteiger charge is 2.10. The first kappa shape index (κ1) is 17.9. The average molecular weight is 344 g/mol. The Morgan fingerprint density at radius 2 is 1.64 bits per heavy atom. The molecule has 0 atom stereocenters. The molecule has 0 radical (unpaired) electrons. The third kappa shape index (κ3) is 5.57. The predicted octanol–water partition coefficient (Wildman–Crippen LogP) is -0.773. The topological polar surface area (TPSA) is 130 Å². The smallest absolute Gasteiger partial charge is 0.322 e. The maximum Gasteiger partial charge on any atom is 0.322 e. The number of carboxylic acids is 1. The van der Waals surface area contributed by atoms with Crippen molar-refractivity contribution in [3.05, 3.63) is 52.8 Å². The fourth-order valence-corrected chi connectivity index (χ4v) is 1.93. The van der Waals surface area contributed by atoms with Crippen LogP contribution in [0.5, 0.6) is 0 Å². The Morgan fingerprint density at radius 1 is 0.960 bits per heavy atom. The van der Waals surface area contributed by atoms with E-state index in [9.17, 15) is 19.2 Å². The molecule has 2 aromatic rings. The standard InChI is InChI=1S/C16H16N4O5/c21-13(18-9-16(24)25)8-17-14(22)10-20-15(23)7-6-12(19-20)11-4-2-1-3-5-11/h1-7H,8-10H2,(H,17,22)(H,18,21)(H,24,25). The molecule has 1 heterocycles. The number of carboxylic acid groups (broad SMARTS) is 1. The molecule has 0 bridgehead atoms. The molecule has 0 spiro atoms. The zero-order chi connectivity index (χ0) is 18.2. The zero-order valence-corrected chi connectivity index (χ0v) is 13.1. The summed E-state index contributed by atoms with van der Waals surface area (Å²) in [5.41, 5.74) is 0.877. The molecule has 0 aliphatic heterocycles. The van der Waals surface area contributed by atoms with Gasteiger partial charge in [-0.3, -0.25) is 19.2 Å². The molecule has 9 nitrogen and oxygen atoms in total. The Bertz CT molecular complexity index is 832. The van der Waals surface area contributed by atoms with Crippen molar-refractivity contribution in [2.45, 2.75) is 6.54 Å². The van der Waals surface area contributed by atoms with Crippen molar-refractivity contribution >= 4 is 17.8 Å². The van der Waals surface area contributed by atoms with E-state index < -0.39 is 29.9 Å². The number of hydrogen-bond donors (Lipinski definition) is 3. The van der Waals surface area contributed by atoms with Crippen LogP contribution in [-0.4, -0.2) is 45.8 Å². The van der Waals surface area contributed by atoms with Crippen LogP contribution in [0.1, 0.15) is 0 Å². The second-order valence-corrected chi connectivity index (χ2v) is 5.03. The summed E-state index contributed by atoms with van der Waals surface area (Å²) in [6.07, 6.45) is 0. The molecule has 2 rings (SSSR count). The monoisotopic (exact) mass is 344 g/mol. The van der Waals surface area contributed by atoms with Gasteiger partial charge in [0.15, 0.2) is 0 Å². The Balaban J connectivity index is 1.97. The van der Waals surface area contributed by atoms with Crippen LogP contribution in [0.15, 0.2) is 47.3 Å². The molecule has 1 aromatic heterocycles. The molecule has 2 amide bonds. The van der Waals surface area contributed by atoms with Crippen LogP contribution < -0.4 is 16.2 Å². The van der Waals surface area contributed by atoms with Crippen molar-refractivity contribution in [1.82, 2.24) is 20.4 Å². The predicted molar refractivity (Wildman–Crippen MR) is 87.6 cm³/mol. The molecule has 25 heavy (non-hydrogen) atoms. The number of nitrogens with one attached hydrogen (secondary N) is 2. The molecule has 0 unspecified atom stereocenters. The fourth-order valence-electron chi connectivity index (χ4n) is 1.93. The fraction of sp³-hybridized carbons (Fsp3) is 0.188. The van der Waals surface area contributed by atoms with Crippen LogP contribution >= 0.6 is 0 Å². The average Bonchev–Trinajstić information content (AvgIpc) is 2.60. The number of benzene rings is 1. The van der Waals surface area contributed by atoms with Gasteiger partial charge in [-0.2, -0.15) is 5.10 Å². The molecule has 0 aliphatic rings. The van der Waals surface area contributed by atoms with E-state index in [4.69, 9.17) is 5.11 Å². The summed E-state index contributed by atoms with van der Waals surface area (Å²) in [5, 5.41) is 17.0. The molecule has 1 aromatic carbocycles. The summed E-state index contributed by atoms with van der Waals surface area (Å²) in [6.45, 7) is -1.28. The first-order valence-corrected chi connectivity index (χ1v) is 7.34. The van der Waals surface area contributed by atoms with Crippen molar-refractivity contribution in [3.63, 3.8) is 0 Å². The Labute approximate surface area is 142 Å². The molecule has 3 N–H and O–H groups in total. The van der Waals surface area contributed by atoms with Crippen molar-refractivity contribution < 1.29 is 19.5 Å². The summed E-state index contributed by atoms with van der Waals surface area (Å²) in [6, 6.07) is 12.0. The largest absolute Gasteiger partial charge is 0.480 e. The number of amides is 2. The summed E-state index contributed by atoms with van der Waals surface area (Å²) in [4.78, 5) is 45.3. The molecular weight excluding hydrogens is 328 g/mol. The van der Waals surface area contributed by atoms with Gasteiger partial charge in [0.1, 0.15) is 13.1 Å². The maximum atomic E-state index is 11.8. The van der Waals surface area contributed by atoms with Crippen molar-refractivity contribution in [2.75, 3.05) is 13.1 Å². The molecule has 0 fully saturated rings. The Kier molecular flexibility index (Phi) is 5.99. The number of hydrogen-bond acceptors (Lipinski definition) is 5. The molecular formula is C16H16N4O5. The van der Waals surface area contributed by atoms with E-state index >= 15 is 0 Å². The van der Waals surface area contributed by atoms with Crippen LogP contribution in [0.3, 0.4) is 0 Å². The van der Waals surface area contributed by atoms with Gasteiger partial charge < -0.3 is 15.7 Å². The molecule has 0 saturated carbocycles. The van der Waals surface area contributed by atoms with E-state index in [1.165, 1.54) is 6.07 Å².